The Labute approximate surface area is 84.2 Å². The molecule has 1 spiro atoms. The number of alkyl carbamates (subject to hydrolysis) is 1. The second-order valence-electron chi connectivity index (χ2n) is 5.70. The maximum absolute atomic E-state index is 11.2. The quantitative estimate of drug-likeness (QED) is 0.641. The second-order valence-corrected chi connectivity index (χ2v) is 5.70. The van der Waals surface area contributed by atoms with Gasteiger partial charge in [0.2, 0.25) is 0 Å². The lowest BCUT2D eigenvalue weighted by atomic mass is 9.43. The summed E-state index contributed by atoms with van der Waals surface area (Å²) in [6.45, 7) is 5.25. The molecule has 2 bridgehead atoms. The van der Waals surface area contributed by atoms with E-state index in [-0.39, 0.29) is 11.6 Å². The van der Waals surface area contributed by atoms with E-state index in [2.05, 4.69) is 19.2 Å². The normalized spacial score (nSPS) is 48.3. The Bertz CT molecular complexity index is 298. The number of fused-ring (bicyclic) bond motifs is 1. The van der Waals surface area contributed by atoms with Gasteiger partial charge in [0, 0.05) is 0 Å². The first kappa shape index (κ1) is 8.57. The molecule has 4 rings (SSSR count). The number of hydrogen-bond acceptors (Lipinski definition) is 2. The molecule has 3 nitrogen and oxygen atoms in total. The van der Waals surface area contributed by atoms with Crippen molar-refractivity contribution in [2.24, 2.45) is 17.3 Å². The van der Waals surface area contributed by atoms with E-state index in [0.29, 0.717) is 17.9 Å². The van der Waals surface area contributed by atoms with Crippen LogP contribution in [0, 0.1) is 17.3 Å². The molecule has 14 heavy (non-hydrogen) atoms. The van der Waals surface area contributed by atoms with Crippen LogP contribution in [0.5, 0.6) is 0 Å². The summed E-state index contributed by atoms with van der Waals surface area (Å²) in [4.78, 5) is 11.2. The largest absolute Gasteiger partial charge is 0.447 e. The molecule has 0 aromatic rings. The molecule has 0 aromatic heterocycles. The lowest BCUT2D eigenvalue weighted by molar-refractivity contribution is -0.124. The number of carbonyl (C=O) groups is 1. The molecule has 0 unspecified atom stereocenters. The average Bonchev–Trinajstić information content (AvgIpc) is 2.47. The van der Waals surface area contributed by atoms with Crippen molar-refractivity contribution >= 4 is 6.09 Å². The average molecular weight is 195 g/mol. The number of carbonyl (C=O) groups excluding carboxylic acids is 1. The van der Waals surface area contributed by atoms with Gasteiger partial charge in [0.15, 0.2) is 0 Å². The van der Waals surface area contributed by atoms with Crippen LogP contribution in [-0.4, -0.2) is 18.2 Å². The maximum atomic E-state index is 11.2. The van der Waals surface area contributed by atoms with E-state index in [1.807, 2.05) is 0 Å². The highest BCUT2D eigenvalue weighted by molar-refractivity contribution is 5.71. The summed E-state index contributed by atoms with van der Waals surface area (Å²) in [6, 6.07) is 0. The Balaban J connectivity index is 1.91. The molecule has 1 heterocycles. The molecule has 3 aliphatic carbocycles. The molecule has 4 fully saturated rings. The zero-order valence-electron chi connectivity index (χ0n) is 8.80. The molecule has 3 heteroatoms. The van der Waals surface area contributed by atoms with Crippen LogP contribution in [0.1, 0.15) is 33.1 Å². The predicted molar refractivity (Wildman–Crippen MR) is 51.8 cm³/mol. The molecule has 1 N–H and O–H groups in total. The second kappa shape index (κ2) is 2.26. The fourth-order valence-electron chi connectivity index (χ4n) is 3.84. The van der Waals surface area contributed by atoms with Gasteiger partial charge in [-0.15, -0.1) is 0 Å². The predicted octanol–water partition coefficient (Wildman–Crippen LogP) is 1.92. The van der Waals surface area contributed by atoms with Crippen molar-refractivity contribution in [2.45, 2.75) is 38.6 Å². The van der Waals surface area contributed by atoms with Gasteiger partial charge in [0.05, 0.1) is 5.54 Å². The minimum Gasteiger partial charge on any atom is -0.447 e. The highest BCUT2D eigenvalue weighted by atomic mass is 16.6. The standard InChI is InChI=1S/C11H17NO2/c1-10(2)7-3-4-11(8(10)5-7)6-14-9(13)12-11/h7-8H,3-6H2,1-2H3,(H,12,13)/t7-,8+,11-/m1/s1. The Kier molecular flexibility index (Phi) is 1.38. The van der Waals surface area contributed by atoms with Crippen molar-refractivity contribution in [1.82, 2.24) is 5.32 Å². The number of cyclic esters (lactones) is 1. The smallest absolute Gasteiger partial charge is 0.407 e. The van der Waals surface area contributed by atoms with E-state index in [1.54, 1.807) is 0 Å². The third kappa shape index (κ3) is 0.812. The van der Waals surface area contributed by atoms with E-state index < -0.39 is 0 Å². The molecule has 78 valence electrons. The number of rotatable bonds is 0. The highest BCUT2D eigenvalue weighted by Gasteiger charge is 2.63. The van der Waals surface area contributed by atoms with Crippen LogP contribution in [-0.2, 0) is 4.74 Å². The fraction of sp³-hybridized carbons (Fsp3) is 0.909. The summed E-state index contributed by atoms with van der Waals surface area (Å²) >= 11 is 0. The van der Waals surface area contributed by atoms with Crippen LogP contribution < -0.4 is 5.32 Å². The van der Waals surface area contributed by atoms with Gasteiger partial charge in [0.1, 0.15) is 6.61 Å². The van der Waals surface area contributed by atoms with E-state index in [1.165, 1.54) is 12.8 Å². The van der Waals surface area contributed by atoms with Crippen LogP contribution in [0.2, 0.25) is 0 Å². The van der Waals surface area contributed by atoms with Crippen molar-refractivity contribution in [1.29, 1.82) is 0 Å². The lowest BCUT2D eigenvalue weighted by Crippen LogP contribution is -2.66. The topological polar surface area (TPSA) is 38.3 Å². The molecule has 4 aliphatic rings. The summed E-state index contributed by atoms with van der Waals surface area (Å²) in [5, 5.41) is 3.05. The summed E-state index contributed by atoms with van der Waals surface area (Å²) in [5.41, 5.74) is 0.383. The molecule has 0 aromatic carbocycles. The first-order chi connectivity index (χ1) is 6.55. The van der Waals surface area contributed by atoms with Gasteiger partial charge < -0.3 is 10.1 Å². The number of hydrogen-bond donors (Lipinski definition) is 1. The van der Waals surface area contributed by atoms with E-state index in [9.17, 15) is 4.79 Å². The first-order valence-corrected chi connectivity index (χ1v) is 5.49. The molecular formula is C11H17NO2. The van der Waals surface area contributed by atoms with Gasteiger partial charge in [0.25, 0.3) is 0 Å². The van der Waals surface area contributed by atoms with Crippen molar-refractivity contribution in [3.63, 3.8) is 0 Å². The summed E-state index contributed by atoms with van der Waals surface area (Å²) in [7, 11) is 0. The fourth-order valence-corrected chi connectivity index (χ4v) is 3.84. The van der Waals surface area contributed by atoms with Gasteiger partial charge in [-0.05, 0) is 36.5 Å². The molecule has 0 radical (unpaired) electrons. The van der Waals surface area contributed by atoms with Crippen LogP contribution in [0.4, 0.5) is 4.79 Å². The highest BCUT2D eigenvalue weighted by Crippen LogP contribution is 2.63. The van der Waals surface area contributed by atoms with Gasteiger partial charge >= 0.3 is 6.09 Å². The molecule has 1 aliphatic heterocycles. The van der Waals surface area contributed by atoms with Gasteiger partial charge in [-0.25, -0.2) is 4.79 Å². The zero-order chi connectivity index (χ0) is 9.97. The van der Waals surface area contributed by atoms with Crippen molar-refractivity contribution in [3.8, 4) is 0 Å². The zero-order valence-corrected chi connectivity index (χ0v) is 8.80. The Morgan fingerprint density at radius 1 is 1.50 bits per heavy atom. The molecular weight excluding hydrogens is 178 g/mol. The summed E-state index contributed by atoms with van der Waals surface area (Å²) < 4.78 is 5.08. The van der Waals surface area contributed by atoms with E-state index >= 15 is 0 Å². The van der Waals surface area contributed by atoms with Gasteiger partial charge in [-0.1, -0.05) is 13.8 Å². The first-order valence-electron chi connectivity index (χ1n) is 5.49. The summed E-state index contributed by atoms with van der Waals surface area (Å²) in [6.07, 6.45) is 3.41. The van der Waals surface area contributed by atoms with Gasteiger partial charge in [-0.2, -0.15) is 0 Å². The Hall–Kier alpha value is -0.730. The number of amides is 1. The Morgan fingerprint density at radius 2 is 2.29 bits per heavy atom. The van der Waals surface area contributed by atoms with Crippen molar-refractivity contribution in [2.75, 3.05) is 6.61 Å². The van der Waals surface area contributed by atoms with Gasteiger partial charge in [-0.3, -0.25) is 0 Å². The molecule has 1 saturated heterocycles. The van der Waals surface area contributed by atoms with E-state index in [4.69, 9.17) is 4.74 Å². The number of ether oxygens (including phenoxy) is 1. The third-order valence-electron chi connectivity index (χ3n) is 4.89. The van der Waals surface area contributed by atoms with Crippen LogP contribution >= 0.6 is 0 Å². The SMILES string of the molecule is CC1(C)[C@@H]2CC[C@@]3(COC(=O)N3)[C@H]1C2. The maximum Gasteiger partial charge on any atom is 0.407 e. The molecule has 1 amide bonds. The molecule has 3 atom stereocenters. The summed E-state index contributed by atoms with van der Waals surface area (Å²) in [5.74, 6) is 1.50. The molecule has 3 saturated carbocycles. The monoisotopic (exact) mass is 195 g/mol. The van der Waals surface area contributed by atoms with Crippen LogP contribution in [0.15, 0.2) is 0 Å². The van der Waals surface area contributed by atoms with Crippen molar-refractivity contribution < 1.29 is 9.53 Å². The lowest BCUT2D eigenvalue weighted by Gasteiger charge is -2.63. The third-order valence-corrected chi connectivity index (χ3v) is 4.89. The van der Waals surface area contributed by atoms with Crippen LogP contribution in [0.25, 0.3) is 0 Å². The van der Waals surface area contributed by atoms with E-state index in [0.717, 1.165) is 12.3 Å². The van der Waals surface area contributed by atoms with Crippen LogP contribution in [0.3, 0.4) is 0 Å². The van der Waals surface area contributed by atoms with Crippen molar-refractivity contribution in [3.05, 3.63) is 0 Å². The Morgan fingerprint density at radius 3 is 2.79 bits per heavy atom. The number of nitrogens with one attached hydrogen (secondary N) is 1. The minimum absolute atomic E-state index is 0.0185. The minimum atomic E-state index is -0.217.